The molecule has 2 fully saturated rings. The van der Waals surface area contributed by atoms with Crippen LogP contribution in [-0.2, 0) is 30.5 Å². The van der Waals surface area contributed by atoms with Crippen LogP contribution in [-0.4, -0.2) is 66.8 Å². The molecule has 0 saturated carbocycles. The van der Waals surface area contributed by atoms with Crippen LogP contribution in [0.5, 0.6) is 0 Å². The molecule has 2 heterocycles. The van der Waals surface area contributed by atoms with Crippen LogP contribution in [0.1, 0.15) is 45.1 Å². The van der Waals surface area contributed by atoms with E-state index < -0.39 is 30.0 Å². The van der Waals surface area contributed by atoms with Crippen molar-refractivity contribution in [2.45, 2.75) is 58.2 Å². The topological polar surface area (TPSA) is 134 Å². The highest BCUT2D eigenvalue weighted by molar-refractivity contribution is 5.88. The zero-order chi connectivity index (χ0) is 26.1. The molecule has 4 atom stereocenters. The van der Waals surface area contributed by atoms with Gasteiger partial charge in [0.05, 0.1) is 12.0 Å². The van der Waals surface area contributed by atoms with Crippen molar-refractivity contribution in [3.63, 3.8) is 0 Å². The zero-order valence-corrected chi connectivity index (χ0v) is 20.9. The molecule has 2 aliphatic rings. The molecule has 2 saturated heterocycles. The van der Waals surface area contributed by atoms with E-state index in [0.29, 0.717) is 45.2 Å². The molecule has 1 aromatic carbocycles. The molecule has 196 valence electrons. The summed E-state index contributed by atoms with van der Waals surface area (Å²) in [5.41, 5.74) is 1.04. The van der Waals surface area contributed by atoms with Gasteiger partial charge in [0.25, 0.3) is 0 Å². The van der Waals surface area contributed by atoms with Gasteiger partial charge in [-0.05, 0) is 37.2 Å². The van der Waals surface area contributed by atoms with Crippen LogP contribution in [0.25, 0.3) is 0 Å². The number of nitrogens with one attached hydrogen (secondary N) is 3. The monoisotopic (exact) mass is 500 g/mol. The van der Waals surface area contributed by atoms with Crippen molar-refractivity contribution in [2.75, 3.05) is 19.7 Å². The lowest BCUT2D eigenvalue weighted by molar-refractivity contribution is -0.132. The van der Waals surface area contributed by atoms with Crippen molar-refractivity contribution < 1.29 is 28.7 Å². The second kappa shape index (κ2) is 13.0. The Labute approximate surface area is 211 Å². The first-order valence-electron chi connectivity index (χ1n) is 12.6. The van der Waals surface area contributed by atoms with Gasteiger partial charge < -0.3 is 30.4 Å². The van der Waals surface area contributed by atoms with Gasteiger partial charge >= 0.3 is 6.09 Å². The second-order valence-corrected chi connectivity index (χ2v) is 9.92. The zero-order valence-electron chi connectivity index (χ0n) is 20.9. The first-order chi connectivity index (χ1) is 17.3. The van der Waals surface area contributed by atoms with Gasteiger partial charge in [-0.3, -0.25) is 14.4 Å². The maximum Gasteiger partial charge on any atom is 0.407 e. The van der Waals surface area contributed by atoms with Gasteiger partial charge in [-0.1, -0.05) is 44.2 Å². The largest absolute Gasteiger partial charge is 0.449 e. The standard InChI is InChI=1S/C26H36N4O6/c1-17(2)12-22(24(33)28-21(15-31)13-19-8-10-27-23(19)32)29-26(35)36-16-20-9-11-30(25(20)34)14-18-6-4-3-5-7-18/h3-7,15,17,19-22H,8-14,16H2,1-2H3,(H,27,32)(H,28,33)(H,29,35)/t19-,20?,21-,22-/m0/s1. The van der Waals surface area contributed by atoms with Crippen LogP contribution in [0.15, 0.2) is 30.3 Å². The second-order valence-electron chi connectivity index (χ2n) is 9.92. The summed E-state index contributed by atoms with van der Waals surface area (Å²) in [6.45, 7) is 5.41. The van der Waals surface area contributed by atoms with Gasteiger partial charge in [0, 0.05) is 25.6 Å². The van der Waals surface area contributed by atoms with Gasteiger partial charge in [0.2, 0.25) is 17.7 Å². The lowest BCUT2D eigenvalue weighted by Gasteiger charge is -2.23. The molecule has 0 radical (unpaired) electrons. The molecular formula is C26H36N4O6. The molecule has 3 rings (SSSR count). The van der Waals surface area contributed by atoms with E-state index in [9.17, 15) is 24.0 Å². The number of nitrogens with zero attached hydrogens (tertiary/aromatic N) is 1. The summed E-state index contributed by atoms with van der Waals surface area (Å²) in [5.74, 6) is -1.36. The Morgan fingerprint density at radius 1 is 1.14 bits per heavy atom. The minimum Gasteiger partial charge on any atom is -0.449 e. The van der Waals surface area contributed by atoms with E-state index in [-0.39, 0.29) is 36.7 Å². The fourth-order valence-electron chi connectivity index (χ4n) is 4.59. The van der Waals surface area contributed by atoms with E-state index in [1.807, 2.05) is 44.2 Å². The number of likely N-dealkylation sites (tertiary alicyclic amines) is 1. The molecule has 10 heteroatoms. The normalized spacial score (nSPS) is 21.1. The van der Waals surface area contributed by atoms with Crippen LogP contribution >= 0.6 is 0 Å². The molecule has 1 unspecified atom stereocenters. The summed E-state index contributed by atoms with van der Waals surface area (Å²) >= 11 is 0. The lowest BCUT2D eigenvalue weighted by atomic mass is 9.98. The Balaban J connectivity index is 1.48. The van der Waals surface area contributed by atoms with Crippen LogP contribution < -0.4 is 16.0 Å². The number of hydrogen-bond acceptors (Lipinski definition) is 6. The summed E-state index contributed by atoms with van der Waals surface area (Å²) in [7, 11) is 0. The first kappa shape index (κ1) is 27.2. The molecule has 0 aromatic heterocycles. The van der Waals surface area contributed by atoms with Crippen LogP contribution in [0.3, 0.4) is 0 Å². The number of carbonyl (C=O) groups is 5. The molecule has 4 amide bonds. The van der Waals surface area contributed by atoms with E-state index >= 15 is 0 Å². The third-order valence-corrected chi connectivity index (χ3v) is 6.55. The minimum atomic E-state index is -0.911. The van der Waals surface area contributed by atoms with Gasteiger partial charge in [-0.2, -0.15) is 0 Å². The quantitative estimate of drug-likeness (QED) is 0.371. The third-order valence-electron chi connectivity index (χ3n) is 6.55. The highest BCUT2D eigenvalue weighted by atomic mass is 16.5. The smallest absolute Gasteiger partial charge is 0.407 e. The summed E-state index contributed by atoms with van der Waals surface area (Å²) in [5, 5.41) is 7.93. The number of rotatable bonds is 12. The summed E-state index contributed by atoms with van der Waals surface area (Å²) < 4.78 is 5.31. The van der Waals surface area contributed by atoms with Gasteiger partial charge in [-0.25, -0.2) is 4.79 Å². The van der Waals surface area contributed by atoms with E-state index in [2.05, 4.69) is 16.0 Å². The van der Waals surface area contributed by atoms with E-state index in [0.717, 1.165) is 5.56 Å². The van der Waals surface area contributed by atoms with Gasteiger partial charge in [0.15, 0.2) is 0 Å². The Hall–Kier alpha value is -3.43. The molecule has 10 nitrogen and oxygen atoms in total. The molecular weight excluding hydrogens is 464 g/mol. The van der Waals surface area contributed by atoms with Crippen molar-refractivity contribution in [1.29, 1.82) is 0 Å². The third kappa shape index (κ3) is 7.79. The number of ether oxygens (including phenoxy) is 1. The Morgan fingerprint density at radius 3 is 2.53 bits per heavy atom. The van der Waals surface area contributed by atoms with Crippen LogP contribution in [0.2, 0.25) is 0 Å². The number of aldehydes is 1. The van der Waals surface area contributed by atoms with Gasteiger partial charge in [-0.15, -0.1) is 0 Å². The molecule has 0 aliphatic carbocycles. The Kier molecular flexibility index (Phi) is 9.84. The van der Waals surface area contributed by atoms with Crippen molar-refractivity contribution in [3.05, 3.63) is 35.9 Å². The lowest BCUT2D eigenvalue weighted by Crippen LogP contribution is -2.51. The average molecular weight is 501 g/mol. The highest BCUT2D eigenvalue weighted by Gasteiger charge is 2.33. The average Bonchev–Trinajstić information content (AvgIpc) is 3.41. The molecule has 2 aliphatic heterocycles. The maximum atomic E-state index is 12.9. The SMILES string of the molecule is CC(C)C[C@H](NC(=O)OCC1CCN(Cc2ccccc2)C1=O)C(=O)N[C@H](C=O)C[C@@H]1CCNC1=O. The molecule has 1 aromatic rings. The number of benzene rings is 1. The minimum absolute atomic E-state index is 0.0621. The number of hydrogen-bond donors (Lipinski definition) is 3. The first-order valence-corrected chi connectivity index (χ1v) is 12.6. The van der Waals surface area contributed by atoms with Crippen LogP contribution in [0.4, 0.5) is 4.79 Å². The van der Waals surface area contributed by atoms with Crippen LogP contribution in [0, 0.1) is 17.8 Å². The summed E-state index contributed by atoms with van der Waals surface area (Å²) in [6, 6.07) is 7.95. The van der Waals surface area contributed by atoms with E-state index in [1.165, 1.54) is 0 Å². The molecule has 3 N–H and O–H groups in total. The highest BCUT2D eigenvalue weighted by Crippen LogP contribution is 2.21. The van der Waals surface area contributed by atoms with E-state index in [1.54, 1.807) is 4.90 Å². The van der Waals surface area contributed by atoms with Crippen molar-refractivity contribution in [2.24, 2.45) is 17.8 Å². The fourth-order valence-corrected chi connectivity index (χ4v) is 4.59. The predicted molar refractivity (Wildman–Crippen MR) is 131 cm³/mol. The molecule has 36 heavy (non-hydrogen) atoms. The van der Waals surface area contributed by atoms with Gasteiger partial charge in [0.1, 0.15) is 18.9 Å². The predicted octanol–water partition coefficient (Wildman–Crippen LogP) is 1.39. The van der Waals surface area contributed by atoms with Crippen molar-refractivity contribution in [1.82, 2.24) is 20.9 Å². The summed E-state index contributed by atoms with van der Waals surface area (Å²) in [6.07, 6.45) is 1.57. The molecule has 0 bridgehead atoms. The number of amides is 4. The van der Waals surface area contributed by atoms with Crippen molar-refractivity contribution in [3.8, 4) is 0 Å². The van der Waals surface area contributed by atoms with Crippen molar-refractivity contribution >= 4 is 30.1 Å². The Bertz CT molecular complexity index is 938. The summed E-state index contributed by atoms with van der Waals surface area (Å²) in [4.78, 5) is 63.2. The fraction of sp³-hybridized carbons (Fsp3) is 0.577. The maximum absolute atomic E-state index is 12.9. The molecule has 0 spiro atoms. The Morgan fingerprint density at radius 2 is 1.89 bits per heavy atom. The van der Waals surface area contributed by atoms with E-state index in [4.69, 9.17) is 4.74 Å². The number of carbonyl (C=O) groups excluding carboxylic acids is 5. The number of alkyl carbamates (subject to hydrolysis) is 1.